The molecule has 2 aromatic carbocycles. The summed E-state index contributed by atoms with van der Waals surface area (Å²) in [4.78, 5) is 17.7. The van der Waals surface area contributed by atoms with Crippen molar-refractivity contribution in [3.05, 3.63) is 76.6 Å². The Morgan fingerprint density at radius 3 is 2.69 bits per heavy atom. The van der Waals surface area contributed by atoms with Crippen LogP contribution in [-0.4, -0.2) is 25.8 Å². The summed E-state index contributed by atoms with van der Waals surface area (Å²) >= 11 is 0. The molecule has 3 heterocycles. The normalized spacial score (nSPS) is 11.4. The summed E-state index contributed by atoms with van der Waals surface area (Å²) in [6.07, 6.45) is 0.102. The molecule has 0 saturated heterocycles. The van der Waals surface area contributed by atoms with Gasteiger partial charge in [-0.3, -0.25) is 4.79 Å². The molecule has 0 bridgehead atoms. The number of rotatable bonds is 4. The predicted molar refractivity (Wildman–Crippen MR) is 124 cm³/mol. The van der Waals surface area contributed by atoms with Crippen LogP contribution in [0, 0.1) is 27.7 Å². The van der Waals surface area contributed by atoms with Crippen LogP contribution in [0.5, 0.6) is 0 Å². The largest absolute Gasteiger partial charge is 0.356 e. The Bertz CT molecular complexity index is 1500. The van der Waals surface area contributed by atoms with Crippen LogP contribution in [0.4, 0.5) is 5.82 Å². The van der Waals surface area contributed by atoms with Crippen molar-refractivity contribution in [2.24, 2.45) is 0 Å². The zero-order chi connectivity index (χ0) is 22.4. The van der Waals surface area contributed by atoms with Gasteiger partial charge in [-0.25, -0.2) is 4.98 Å². The third kappa shape index (κ3) is 3.51. The minimum atomic E-state index is -0.196. The first-order chi connectivity index (χ1) is 15.4. The Balaban J connectivity index is 1.46. The highest BCUT2D eigenvalue weighted by Crippen LogP contribution is 2.26. The Hall–Kier alpha value is -4.00. The molecule has 0 aliphatic rings. The number of anilines is 1. The SMILES string of the molecule is Cc1cc(C)c2c(CC(=O)Nc3cc(C)nn3-c3cc(C)c4ccccc4n3)noc2c1. The maximum absolute atomic E-state index is 12.9. The second-order valence-corrected chi connectivity index (χ2v) is 8.21. The van der Waals surface area contributed by atoms with Gasteiger partial charge < -0.3 is 9.84 Å². The number of carbonyl (C=O) groups excluding carboxylic acids is 1. The summed E-state index contributed by atoms with van der Waals surface area (Å²) in [5.74, 6) is 1.02. The van der Waals surface area contributed by atoms with E-state index in [1.54, 1.807) is 4.68 Å². The summed E-state index contributed by atoms with van der Waals surface area (Å²) < 4.78 is 7.12. The fourth-order valence-corrected chi connectivity index (χ4v) is 4.18. The Labute approximate surface area is 185 Å². The molecule has 32 heavy (non-hydrogen) atoms. The van der Waals surface area contributed by atoms with Crippen LogP contribution < -0.4 is 5.32 Å². The number of amides is 1. The van der Waals surface area contributed by atoms with E-state index in [0.29, 0.717) is 22.9 Å². The Morgan fingerprint density at radius 2 is 1.84 bits per heavy atom. The van der Waals surface area contributed by atoms with Crippen molar-refractivity contribution in [3.8, 4) is 5.82 Å². The lowest BCUT2D eigenvalue weighted by Crippen LogP contribution is -2.18. The lowest BCUT2D eigenvalue weighted by Gasteiger charge is -2.10. The van der Waals surface area contributed by atoms with Gasteiger partial charge in [-0.1, -0.05) is 29.4 Å². The molecule has 1 amide bonds. The topological polar surface area (TPSA) is 85.8 Å². The number of nitrogens with one attached hydrogen (secondary N) is 1. The summed E-state index contributed by atoms with van der Waals surface area (Å²) in [5, 5.41) is 13.7. The molecule has 7 heteroatoms. The van der Waals surface area contributed by atoms with Gasteiger partial charge in [0, 0.05) is 16.8 Å². The number of nitrogens with zero attached hydrogens (tertiary/aromatic N) is 4. The van der Waals surface area contributed by atoms with Gasteiger partial charge in [0.2, 0.25) is 5.91 Å². The van der Waals surface area contributed by atoms with Gasteiger partial charge in [0.15, 0.2) is 11.4 Å². The van der Waals surface area contributed by atoms with Crippen molar-refractivity contribution in [1.29, 1.82) is 0 Å². The van der Waals surface area contributed by atoms with Crippen molar-refractivity contribution in [3.63, 3.8) is 0 Å². The first-order valence-electron chi connectivity index (χ1n) is 10.5. The van der Waals surface area contributed by atoms with Crippen LogP contribution in [0.15, 0.2) is 53.1 Å². The number of para-hydroxylation sites is 1. The standard InChI is InChI=1S/C25H23N5O2/c1-14-9-16(3)25-20(29-32-21(25)10-14)13-24(31)27-23-12-17(4)28-30(23)22-11-15(2)18-7-5-6-8-19(18)26-22/h5-12H,13H2,1-4H3,(H,27,31). The summed E-state index contributed by atoms with van der Waals surface area (Å²) in [6, 6.07) is 15.8. The Kier molecular flexibility index (Phi) is 4.74. The zero-order valence-electron chi connectivity index (χ0n) is 18.4. The van der Waals surface area contributed by atoms with Crippen molar-refractivity contribution in [1.82, 2.24) is 19.9 Å². The molecule has 0 aliphatic heterocycles. The first kappa shape index (κ1) is 19.9. The number of aromatic nitrogens is 4. The number of aryl methyl sites for hydroxylation is 4. The fraction of sp³-hybridized carbons (Fsp3) is 0.200. The predicted octanol–water partition coefficient (Wildman–Crippen LogP) is 4.98. The van der Waals surface area contributed by atoms with Gasteiger partial charge >= 0.3 is 0 Å². The highest BCUT2D eigenvalue weighted by Gasteiger charge is 2.18. The highest BCUT2D eigenvalue weighted by atomic mass is 16.5. The quantitative estimate of drug-likeness (QED) is 0.439. The number of fused-ring (bicyclic) bond motifs is 2. The second-order valence-electron chi connectivity index (χ2n) is 8.21. The van der Waals surface area contributed by atoms with E-state index in [1.807, 2.05) is 70.2 Å². The van der Waals surface area contributed by atoms with Crippen LogP contribution in [0.3, 0.4) is 0 Å². The molecule has 5 aromatic rings. The van der Waals surface area contributed by atoms with E-state index in [9.17, 15) is 4.79 Å². The van der Waals surface area contributed by atoms with Crippen LogP contribution in [-0.2, 0) is 11.2 Å². The molecule has 0 aliphatic carbocycles. The van der Waals surface area contributed by atoms with Gasteiger partial charge in [0.05, 0.1) is 17.6 Å². The number of benzene rings is 2. The highest BCUT2D eigenvalue weighted by molar-refractivity contribution is 5.95. The minimum absolute atomic E-state index is 0.102. The lowest BCUT2D eigenvalue weighted by atomic mass is 10.0. The first-order valence-corrected chi connectivity index (χ1v) is 10.5. The molecule has 7 nitrogen and oxygen atoms in total. The van der Waals surface area contributed by atoms with Gasteiger partial charge in [0.1, 0.15) is 11.5 Å². The third-order valence-electron chi connectivity index (χ3n) is 5.54. The molecular formula is C25H23N5O2. The average molecular weight is 425 g/mol. The molecular weight excluding hydrogens is 402 g/mol. The fourth-order valence-electron chi connectivity index (χ4n) is 4.18. The summed E-state index contributed by atoms with van der Waals surface area (Å²) in [7, 11) is 0. The minimum Gasteiger partial charge on any atom is -0.356 e. The lowest BCUT2D eigenvalue weighted by molar-refractivity contribution is -0.115. The number of hydrogen-bond donors (Lipinski definition) is 1. The van der Waals surface area contributed by atoms with Crippen LogP contribution in [0.1, 0.15) is 28.1 Å². The van der Waals surface area contributed by atoms with E-state index in [1.165, 1.54) is 0 Å². The number of carbonyl (C=O) groups is 1. The van der Waals surface area contributed by atoms with E-state index in [2.05, 4.69) is 21.6 Å². The van der Waals surface area contributed by atoms with E-state index >= 15 is 0 Å². The van der Waals surface area contributed by atoms with E-state index in [-0.39, 0.29) is 12.3 Å². The summed E-state index contributed by atoms with van der Waals surface area (Å²) in [5.41, 5.74) is 6.22. The van der Waals surface area contributed by atoms with Gasteiger partial charge in [0.25, 0.3) is 0 Å². The van der Waals surface area contributed by atoms with Crippen molar-refractivity contribution >= 4 is 33.6 Å². The molecule has 0 unspecified atom stereocenters. The van der Waals surface area contributed by atoms with Gasteiger partial charge in [-0.05, 0) is 62.6 Å². The van der Waals surface area contributed by atoms with Gasteiger partial charge in [-0.15, -0.1) is 0 Å². The van der Waals surface area contributed by atoms with Crippen molar-refractivity contribution in [2.75, 3.05) is 5.32 Å². The smallest absolute Gasteiger partial charge is 0.231 e. The molecule has 160 valence electrons. The molecule has 0 spiro atoms. The van der Waals surface area contributed by atoms with Crippen LogP contribution >= 0.6 is 0 Å². The molecule has 0 radical (unpaired) electrons. The van der Waals surface area contributed by atoms with Crippen LogP contribution in [0.25, 0.3) is 27.7 Å². The van der Waals surface area contributed by atoms with Gasteiger partial charge in [-0.2, -0.15) is 9.78 Å². The maximum atomic E-state index is 12.9. The second kappa shape index (κ2) is 7.60. The average Bonchev–Trinajstić information content (AvgIpc) is 3.31. The van der Waals surface area contributed by atoms with Crippen molar-refractivity contribution < 1.29 is 9.32 Å². The monoisotopic (exact) mass is 425 g/mol. The van der Waals surface area contributed by atoms with Crippen LogP contribution in [0.2, 0.25) is 0 Å². The summed E-state index contributed by atoms with van der Waals surface area (Å²) in [6.45, 7) is 7.94. The van der Waals surface area contributed by atoms with E-state index in [4.69, 9.17) is 9.51 Å². The Morgan fingerprint density at radius 1 is 1.03 bits per heavy atom. The molecule has 0 atom stereocenters. The molecule has 1 N–H and O–H groups in total. The molecule has 5 rings (SSSR count). The van der Waals surface area contributed by atoms with Crippen molar-refractivity contribution in [2.45, 2.75) is 34.1 Å². The number of hydrogen-bond acceptors (Lipinski definition) is 5. The third-order valence-corrected chi connectivity index (χ3v) is 5.54. The number of pyridine rings is 1. The van der Waals surface area contributed by atoms with E-state index in [0.717, 1.165) is 38.7 Å². The molecule has 0 fully saturated rings. The molecule has 0 saturated carbocycles. The maximum Gasteiger partial charge on any atom is 0.231 e. The zero-order valence-corrected chi connectivity index (χ0v) is 18.4. The molecule has 3 aromatic heterocycles. The van der Waals surface area contributed by atoms with E-state index < -0.39 is 0 Å².